The molecular weight excluding hydrogens is 410 g/mol. The van der Waals surface area contributed by atoms with Gasteiger partial charge in [0.1, 0.15) is 34.8 Å². The number of nitrogens with zero attached hydrogens (tertiary/aromatic N) is 1. The number of likely N-dealkylation sites (N-methyl/N-ethyl adjacent to an activating group) is 1. The molecular formula is C25H29NO6. The SMILES string of the molecule is COc1ccc(-c2cc(=O)c3c(O)cc(OCCN(C)C)cc3o2)cc1OC1CCCC1. The molecule has 7 nitrogen and oxygen atoms in total. The van der Waals surface area contributed by atoms with Crippen molar-refractivity contribution in [3.05, 3.63) is 46.6 Å². The van der Waals surface area contributed by atoms with Crippen molar-refractivity contribution in [1.82, 2.24) is 4.90 Å². The zero-order chi connectivity index (χ0) is 22.7. The fourth-order valence-electron chi connectivity index (χ4n) is 3.92. The second kappa shape index (κ2) is 9.53. The van der Waals surface area contributed by atoms with E-state index in [1.165, 1.54) is 12.1 Å². The smallest absolute Gasteiger partial charge is 0.197 e. The van der Waals surface area contributed by atoms with E-state index in [0.717, 1.165) is 32.2 Å². The summed E-state index contributed by atoms with van der Waals surface area (Å²) in [6, 6.07) is 9.92. The third-order valence-electron chi connectivity index (χ3n) is 5.63. The first-order chi connectivity index (χ1) is 15.4. The largest absolute Gasteiger partial charge is 0.507 e. The van der Waals surface area contributed by atoms with Gasteiger partial charge in [-0.15, -0.1) is 0 Å². The van der Waals surface area contributed by atoms with Crippen LogP contribution in [-0.4, -0.2) is 50.5 Å². The maximum absolute atomic E-state index is 12.8. The lowest BCUT2D eigenvalue weighted by Crippen LogP contribution is -2.19. The minimum atomic E-state index is -0.326. The van der Waals surface area contributed by atoms with Gasteiger partial charge in [0, 0.05) is 30.3 Å². The Morgan fingerprint density at radius 3 is 2.59 bits per heavy atom. The Balaban J connectivity index is 1.69. The molecule has 1 saturated carbocycles. The van der Waals surface area contributed by atoms with Crippen LogP contribution in [0.1, 0.15) is 25.7 Å². The highest BCUT2D eigenvalue weighted by molar-refractivity contribution is 5.86. The van der Waals surface area contributed by atoms with Gasteiger partial charge >= 0.3 is 0 Å². The molecule has 0 spiro atoms. The number of methoxy groups -OCH3 is 1. The van der Waals surface area contributed by atoms with E-state index in [2.05, 4.69) is 0 Å². The quantitative estimate of drug-likeness (QED) is 0.556. The fourth-order valence-corrected chi connectivity index (χ4v) is 3.92. The van der Waals surface area contributed by atoms with Crippen molar-refractivity contribution in [3.8, 4) is 34.3 Å². The molecule has 3 aromatic rings. The standard InChI is InChI=1S/C25H29NO6/c1-26(2)10-11-30-18-13-19(27)25-20(28)15-22(32-24(25)14-18)16-8-9-21(29-3)23(12-16)31-17-6-4-5-7-17/h8-9,12-15,17,27H,4-7,10-11H2,1-3H3. The number of hydrogen-bond acceptors (Lipinski definition) is 7. The van der Waals surface area contributed by atoms with Gasteiger partial charge in [-0.25, -0.2) is 0 Å². The Bertz CT molecular complexity index is 1150. The molecule has 0 radical (unpaired) electrons. The van der Waals surface area contributed by atoms with E-state index in [9.17, 15) is 9.90 Å². The Hall–Kier alpha value is -3.19. The average Bonchev–Trinajstić information content (AvgIpc) is 3.26. The lowest BCUT2D eigenvalue weighted by Gasteiger charge is -2.17. The lowest BCUT2D eigenvalue weighted by molar-refractivity contribution is 0.201. The highest BCUT2D eigenvalue weighted by atomic mass is 16.5. The van der Waals surface area contributed by atoms with Crippen molar-refractivity contribution in [1.29, 1.82) is 0 Å². The monoisotopic (exact) mass is 439 g/mol. The highest BCUT2D eigenvalue weighted by Crippen LogP contribution is 2.37. The molecule has 1 N–H and O–H groups in total. The van der Waals surface area contributed by atoms with Crippen LogP contribution in [0.5, 0.6) is 23.0 Å². The zero-order valence-electron chi connectivity index (χ0n) is 18.7. The van der Waals surface area contributed by atoms with E-state index in [-0.39, 0.29) is 28.3 Å². The van der Waals surface area contributed by atoms with Gasteiger partial charge in [-0.2, -0.15) is 0 Å². The molecule has 1 aliphatic carbocycles. The summed E-state index contributed by atoms with van der Waals surface area (Å²) >= 11 is 0. The average molecular weight is 440 g/mol. The molecule has 0 aliphatic heterocycles. The summed E-state index contributed by atoms with van der Waals surface area (Å²) in [6.07, 6.45) is 4.54. The van der Waals surface area contributed by atoms with Crippen LogP contribution in [0.15, 0.2) is 45.6 Å². The molecule has 0 bridgehead atoms. The number of rotatable bonds is 8. The first-order valence-electron chi connectivity index (χ1n) is 10.9. The fraction of sp³-hybridized carbons (Fsp3) is 0.400. The van der Waals surface area contributed by atoms with E-state index in [0.29, 0.717) is 35.2 Å². The van der Waals surface area contributed by atoms with Gasteiger partial charge in [0.15, 0.2) is 16.9 Å². The summed E-state index contributed by atoms with van der Waals surface area (Å²) in [5, 5.41) is 10.5. The third-order valence-corrected chi connectivity index (χ3v) is 5.63. The van der Waals surface area contributed by atoms with Gasteiger partial charge in [0.05, 0.1) is 13.2 Å². The summed E-state index contributed by atoms with van der Waals surface area (Å²) in [4.78, 5) is 14.8. The minimum absolute atomic E-state index is 0.129. The molecule has 2 aromatic carbocycles. The maximum Gasteiger partial charge on any atom is 0.197 e. The van der Waals surface area contributed by atoms with Crippen molar-refractivity contribution in [3.63, 3.8) is 0 Å². The summed E-state index contributed by atoms with van der Waals surface area (Å²) in [7, 11) is 5.51. The number of hydrogen-bond donors (Lipinski definition) is 1. The molecule has 170 valence electrons. The molecule has 1 aliphatic rings. The van der Waals surface area contributed by atoms with Crippen molar-refractivity contribution in [2.24, 2.45) is 0 Å². The predicted octanol–water partition coefficient (Wildman–Crippen LogP) is 4.44. The van der Waals surface area contributed by atoms with E-state index >= 15 is 0 Å². The van der Waals surface area contributed by atoms with Crippen LogP contribution < -0.4 is 19.6 Å². The topological polar surface area (TPSA) is 81.4 Å². The number of ether oxygens (including phenoxy) is 3. The molecule has 0 atom stereocenters. The Labute approximate surface area is 187 Å². The van der Waals surface area contributed by atoms with Crippen LogP contribution in [0, 0.1) is 0 Å². The van der Waals surface area contributed by atoms with Crippen LogP contribution in [0.3, 0.4) is 0 Å². The van der Waals surface area contributed by atoms with Gasteiger partial charge < -0.3 is 28.6 Å². The molecule has 0 amide bonds. The summed E-state index contributed by atoms with van der Waals surface area (Å²) in [6.45, 7) is 1.17. The summed E-state index contributed by atoms with van der Waals surface area (Å²) < 4.78 is 23.4. The van der Waals surface area contributed by atoms with Crippen LogP contribution in [0.25, 0.3) is 22.3 Å². The molecule has 1 heterocycles. The number of benzene rings is 2. The Morgan fingerprint density at radius 1 is 1.09 bits per heavy atom. The van der Waals surface area contributed by atoms with Crippen molar-refractivity contribution < 1.29 is 23.7 Å². The van der Waals surface area contributed by atoms with Crippen LogP contribution >= 0.6 is 0 Å². The second-order valence-corrected chi connectivity index (χ2v) is 8.33. The normalized spacial score (nSPS) is 14.2. The number of phenolic OH excluding ortho intramolecular Hbond substituents is 1. The molecule has 32 heavy (non-hydrogen) atoms. The number of fused-ring (bicyclic) bond motifs is 1. The van der Waals surface area contributed by atoms with E-state index < -0.39 is 0 Å². The van der Waals surface area contributed by atoms with Crippen molar-refractivity contribution in [2.45, 2.75) is 31.8 Å². The van der Waals surface area contributed by atoms with Crippen LogP contribution in [0.4, 0.5) is 0 Å². The number of phenols is 1. The van der Waals surface area contributed by atoms with E-state index in [1.807, 2.05) is 37.2 Å². The third kappa shape index (κ3) is 4.83. The lowest BCUT2D eigenvalue weighted by atomic mass is 10.1. The minimum Gasteiger partial charge on any atom is -0.507 e. The molecule has 0 unspecified atom stereocenters. The summed E-state index contributed by atoms with van der Waals surface area (Å²) in [5.74, 6) is 1.92. The second-order valence-electron chi connectivity index (χ2n) is 8.33. The van der Waals surface area contributed by atoms with Crippen molar-refractivity contribution in [2.75, 3.05) is 34.4 Å². The van der Waals surface area contributed by atoms with E-state index in [1.54, 1.807) is 13.2 Å². The van der Waals surface area contributed by atoms with Gasteiger partial charge in [-0.05, 0) is 58.0 Å². The first-order valence-corrected chi connectivity index (χ1v) is 10.9. The predicted molar refractivity (Wildman–Crippen MR) is 123 cm³/mol. The first kappa shape index (κ1) is 22.0. The van der Waals surface area contributed by atoms with Gasteiger partial charge in [0.2, 0.25) is 0 Å². The molecule has 7 heteroatoms. The highest BCUT2D eigenvalue weighted by Gasteiger charge is 2.20. The van der Waals surface area contributed by atoms with Crippen LogP contribution in [0.2, 0.25) is 0 Å². The van der Waals surface area contributed by atoms with E-state index in [4.69, 9.17) is 18.6 Å². The molecule has 1 fully saturated rings. The maximum atomic E-state index is 12.8. The van der Waals surface area contributed by atoms with Gasteiger partial charge in [-0.3, -0.25) is 4.79 Å². The Kier molecular flexibility index (Phi) is 6.55. The van der Waals surface area contributed by atoms with Gasteiger partial charge in [-0.1, -0.05) is 0 Å². The van der Waals surface area contributed by atoms with Crippen LogP contribution in [-0.2, 0) is 0 Å². The molecule has 0 saturated heterocycles. The number of aromatic hydroxyl groups is 1. The zero-order valence-corrected chi connectivity index (χ0v) is 18.7. The molecule has 4 rings (SSSR count). The molecule has 1 aromatic heterocycles. The Morgan fingerprint density at radius 2 is 1.88 bits per heavy atom. The van der Waals surface area contributed by atoms with Gasteiger partial charge in [0.25, 0.3) is 0 Å². The summed E-state index contributed by atoms with van der Waals surface area (Å²) in [5.41, 5.74) is 0.630. The van der Waals surface area contributed by atoms with Crippen molar-refractivity contribution >= 4 is 11.0 Å².